The van der Waals surface area contributed by atoms with Crippen LogP contribution >= 0.6 is 23.9 Å². The molecule has 1 aromatic carbocycles. The lowest BCUT2D eigenvalue weighted by Crippen LogP contribution is -2.49. The number of amides is 2. The Morgan fingerprint density at radius 3 is 2.41 bits per heavy atom. The monoisotopic (exact) mass is 544 g/mol. The van der Waals surface area contributed by atoms with Crippen LogP contribution in [-0.4, -0.2) is 76.5 Å². The molecule has 5 fully saturated rings. The summed E-state index contributed by atoms with van der Waals surface area (Å²) < 4.78 is 6.00. The number of halogens is 1. The van der Waals surface area contributed by atoms with E-state index >= 15 is 0 Å². The van der Waals surface area contributed by atoms with Gasteiger partial charge in [0.05, 0.1) is 22.6 Å². The van der Waals surface area contributed by atoms with Gasteiger partial charge in [-0.1, -0.05) is 25.0 Å². The van der Waals surface area contributed by atoms with E-state index in [0.29, 0.717) is 24.8 Å². The molecule has 5 aliphatic rings. The number of aliphatic hydroxyl groups excluding tert-OH is 1. The Balaban J connectivity index is 0.00000252. The molecule has 2 aromatic rings. The van der Waals surface area contributed by atoms with Crippen molar-refractivity contribution in [1.82, 2.24) is 14.2 Å². The quantitative estimate of drug-likeness (QED) is 0.579. The van der Waals surface area contributed by atoms with E-state index in [-0.39, 0.29) is 47.9 Å². The van der Waals surface area contributed by atoms with Gasteiger partial charge in [-0.15, -0.1) is 12.4 Å². The maximum atomic E-state index is 13.3. The Hall–Kier alpha value is -1.74. The number of hydrogen-bond acceptors (Lipinski definition) is 7. The predicted molar refractivity (Wildman–Crippen MR) is 147 cm³/mol. The predicted octanol–water partition coefficient (Wildman–Crippen LogP) is 3.65. The van der Waals surface area contributed by atoms with E-state index in [0.717, 1.165) is 51.4 Å². The summed E-state index contributed by atoms with van der Waals surface area (Å²) >= 11 is 1.58. The summed E-state index contributed by atoms with van der Waals surface area (Å²) in [4.78, 5) is 33.3. The highest BCUT2D eigenvalue weighted by molar-refractivity contribution is 7.13. The molecule has 2 saturated heterocycles. The van der Waals surface area contributed by atoms with E-state index in [1.165, 1.54) is 29.3 Å². The molecule has 7 atom stereocenters. The van der Waals surface area contributed by atoms with Crippen molar-refractivity contribution in [3.63, 3.8) is 0 Å². The minimum Gasteiger partial charge on any atom is -0.393 e. The molecule has 9 heteroatoms. The summed E-state index contributed by atoms with van der Waals surface area (Å²) in [5.41, 5.74) is 0. The van der Waals surface area contributed by atoms with Gasteiger partial charge in [0, 0.05) is 44.7 Å². The highest BCUT2D eigenvalue weighted by atomic mass is 35.5. The number of imide groups is 1. The minimum absolute atomic E-state index is 0. The van der Waals surface area contributed by atoms with Gasteiger partial charge < -0.3 is 10.0 Å². The molecule has 1 N–H and O–H groups in total. The van der Waals surface area contributed by atoms with Crippen LogP contribution in [-0.2, 0) is 9.59 Å². The Bertz CT molecular complexity index is 1170. The van der Waals surface area contributed by atoms with Crippen molar-refractivity contribution in [2.45, 2.75) is 44.6 Å². The number of aliphatic hydroxyl groups is 1. The van der Waals surface area contributed by atoms with Crippen molar-refractivity contribution in [3.05, 3.63) is 24.3 Å². The fraction of sp³-hybridized carbons (Fsp3) is 0.679. The number of fused-ring (bicyclic) bond motifs is 6. The van der Waals surface area contributed by atoms with Crippen LogP contribution in [0.3, 0.4) is 0 Å². The summed E-state index contributed by atoms with van der Waals surface area (Å²) in [6, 6.07) is 8.49. The highest BCUT2D eigenvalue weighted by Crippen LogP contribution is 2.56. The van der Waals surface area contributed by atoms with Gasteiger partial charge in [0.25, 0.3) is 0 Å². The van der Waals surface area contributed by atoms with Crippen LogP contribution in [0.1, 0.15) is 38.5 Å². The number of hydrogen-bond donors (Lipinski definition) is 1. The maximum Gasteiger partial charge on any atom is 0.233 e. The third-order valence-corrected chi connectivity index (χ3v) is 10.9. The van der Waals surface area contributed by atoms with Crippen molar-refractivity contribution in [2.75, 3.05) is 44.2 Å². The first-order valence-electron chi connectivity index (χ1n) is 13.9. The number of likely N-dealkylation sites (tertiary alicyclic amines) is 1. The Labute approximate surface area is 228 Å². The molecule has 3 heterocycles. The standard InChI is InChI=1S/C28H36N4O3S.ClH/c33-22-14-19-13-21(22)25-24(19)27(34)32(28(25)35)16-18-6-2-1-5-17(18)15-30-9-11-31(12-10-30)26-20-7-3-4-8-23(20)36-29-26;/h3-4,7-8,17-19,21-22,24-25,33H,1-2,5-6,9-16H2;1H/t17-,18-,19-,21+,22+,24-,25+;/m0./s1. The lowest BCUT2D eigenvalue weighted by molar-refractivity contribution is -0.142. The average Bonchev–Trinajstić information content (AvgIpc) is 3.64. The Morgan fingerprint density at radius 2 is 1.62 bits per heavy atom. The van der Waals surface area contributed by atoms with Crippen molar-refractivity contribution in [1.29, 1.82) is 0 Å². The number of benzene rings is 1. The molecular formula is C28H37ClN4O3S. The molecule has 2 amide bonds. The maximum absolute atomic E-state index is 13.3. The molecule has 7 rings (SSSR count). The first kappa shape index (κ1) is 25.5. The molecule has 3 saturated carbocycles. The zero-order valence-corrected chi connectivity index (χ0v) is 22.8. The number of anilines is 1. The fourth-order valence-corrected chi connectivity index (χ4v) is 9.04. The molecule has 1 aromatic heterocycles. The summed E-state index contributed by atoms with van der Waals surface area (Å²) in [7, 11) is 0. The van der Waals surface area contributed by atoms with Gasteiger partial charge in [0.2, 0.25) is 11.8 Å². The van der Waals surface area contributed by atoms with Gasteiger partial charge in [-0.3, -0.25) is 19.4 Å². The second-order valence-corrected chi connectivity index (χ2v) is 12.7. The Kier molecular flexibility index (Phi) is 6.97. The van der Waals surface area contributed by atoms with E-state index < -0.39 is 6.10 Å². The molecule has 0 unspecified atom stereocenters. The SMILES string of the molecule is Cl.O=C1[C@@H]2[C@@H]3C[C@@H](C[C@H]3O)[C@@H]2C(=O)N1C[C@@H]1CCCC[C@H]1CN1CCN(c2nsc3ccccc23)CC1. The summed E-state index contributed by atoms with van der Waals surface area (Å²) in [5, 5.41) is 11.6. The van der Waals surface area contributed by atoms with E-state index in [4.69, 9.17) is 4.37 Å². The van der Waals surface area contributed by atoms with E-state index in [1.807, 2.05) is 0 Å². The molecule has 0 radical (unpaired) electrons. The summed E-state index contributed by atoms with van der Waals surface area (Å²) in [6.45, 7) is 5.69. The van der Waals surface area contributed by atoms with Crippen LogP contribution < -0.4 is 4.90 Å². The number of rotatable bonds is 5. The highest BCUT2D eigenvalue weighted by Gasteiger charge is 2.63. The zero-order chi connectivity index (χ0) is 24.4. The lowest BCUT2D eigenvalue weighted by atomic mass is 9.78. The van der Waals surface area contributed by atoms with Gasteiger partial charge in [0.15, 0.2) is 0 Å². The average molecular weight is 545 g/mol. The first-order chi connectivity index (χ1) is 17.6. The fourth-order valence-electron chi connectivity index (χ4n) is 8.24. The van der Waals surface area contributed by atoms with Gasteiger partial charge in [-0.05, 0) is 73.0 Å². The van der Waals surface area contributed by atoms with Crippen LogP contribution in [0.2, 0.25) is 0 Å². The Morgan fingerprint density at radius 1 is 0.919 bits per heavy atom. The van der Waals surface area contributed by atoms with Crippen LogP contribution in [0.4, 0.5) is 5.82 Å². The second-order valence-electron chi connectivity index (χ2n) is 11.9. The zero-order valence-electron chi connectivity index (χ0n) is 21.2. The van der Waals surface area contributed by atoms with Crippen molar-refractivity contribution < 1.29 is 14.7 Å². The molecule has 37 heavy (non-hydrogen) atoms. The molecule has 7 nitrogen and oxygen atoms in total. The smallest absolute Gasteiger partial charge is 0.233 e. The largest absolute Gasteiger partial charge is 0.393 e. The number of piperazine rings is 1. The molecule has 2 bridgehead atoms. The van der Waals surface area contributed by atoms with Gasteiger partial charge in [0.1, 0.15) is 5.82 Å². The van der Waals surface area contributed by atoms with E-state index in [9.17, 15) is 14.7 Å². The second kappa shape index (κ2) is 10.1. The number of carbonyl (C=O) groups excluding carboxylic acids is 2. The molecular weight excluding hydrogens is 508 g/mol. The first-order valence-corrected chi connectivity index (χ1v) is 14.7. The van der Waals surface area contributed by atoms with Crippen LogP contribution in [0.5, 0.6) is 0 Å². The van der Waals surface area contributed by atoms with Crippen LogP contribution in [0, 0.1) is 35.5 Å². The van der Waals surface area contributed by atoms with Gasteiger partial charge in [-0.25, -0.2) is 0 Å². The topological polar surface area (TPSA) is 77.0 Å². The molecule has 2 aliphatic heterocycles. The van der Waals surface area contributed by atoms with E-state index in [1.54, 1.807) is 16.4 Å². The van der Waals surface area contributed by atoms with Crippen molar-refractivity contribution in [3.8, 4) is 0 Å². The molecule has 3 aliphatic carbocycles. The number of aromatic nitrogens is 1. The van der Waals surface area contributed by atoms with Crippen LogP contribution in [0.15, 0.2) is 24.3 Å². The minimum atomic E-state index is -0.392. The summed E-state index contributed by atoms with van der Waals surface area (Å²) in [6.07, 6.45) is 5.90. The van der Waals surface area contributed by atoms with Crippen LogP contribution in [0.25, 0.3) is 10.1 Å². The third kappa shape index (κ3) is 4.28. The molecule has 200 valence electrons. The summed E-state index contributed by atoms with van der Waals surface area (Å²) in [5.74, 6) is 1.97. The van der Waals surface area contributed by atoms with Crippen molar-refractivity contribution >= 4 is 51.7 Å². The third-order valence-electron chi connectivity index (χ3n) is 10.1. The molecule has 0 spiro atoms. The van der Waals surface area contributed by atoms with Crippen molar-refractivity contribution in [2.24, 2.45) is 35.5 Å². The van der Waals surface area contributed by atoms with E-state index in [2.05, 4.69) is 34.1 Å². The normalized spacial score (nSPS) is 35.9. The number of nitrogens with zero attached hydrogens (tertiary/aromatic N) is 4. The lowest BCUT2D eigenvalue weighted by Gasteiger charge is -2.40. The number of carbonyl (C=O) groups is 2. The van der Waals surface area contributed by atoms with Gasteiger partial charge >= 0.3 is 0 Å². The van der Waals surface area contributed by atoms with Gasteiger partial charge in [-0.2, -0.15) is 4.37 Å².